The molecule has 1 fully saturated rings. The fourth-order valence-electron chi connectivity index (χ4n) is 3.36. The van der Waals surface area contributed by atoms with Gasteiger partial charge in [0.2, 0.25) is 5.91 Å². The number of piperidine rings is 1. The number of carbonyl (C=O) groups excluding carboxylic acids is 1. The van der Waals surface area contributed by atoms with E-state index in [9.17, 15) is 22.4 Å². The van der Waals surface area contributed by atoms with Crippen LogP contribution in [0.5, 0.6) is 0 Å². The van der Waals surface area contributed by atoms with Gasteiger partial charge in [-0.2, -0.15) is 13.2 Å². The number of carbonyl (C=O) groups is 1. The largest absolute Gasteiger partial charge is 0.416 e. The van der Waals surface area contributed by atoms with Crippen LogP contribution in [0.2, 0.25) is 0 Å². The van der Waals surface area contributed by atoms with Gasteiger partial charge in [0, 0.05) is 24.4 Å². The molecule has 1 aliphatic heterocycles. The number of alkyl halides is 3. The van der Waals surface area contributed by atoms with E-state index >= 15 is 0 Å². The Balaban J connectivity index is 1.51. The maximum absolute atomic E-state index is 13.2. The molecule has 9 heteroatoms. The van der Waals surface area contributed by atoms with Crippen LogP contribution >= 0.6 is 11.3 Å². The summed E-state index contributed by atoms with van der Waals surface area (Å²) < 4.78 is 52.3. The second-order valence-electron chi connectivity index (χ2n) is 6.93. The first kappa shape index (κ1) is 20.7. The van der Waals surface area contributed by atoms with Gasteiger partial charge < -0.3 is 5.32 Å². The quantitative estimate of drug-likeness (QED) is 0.747. The molecule has 152 valence electrons. The van der Waals surface area contributed by atoms with Crippen LogP contribution in [0.4, 0.5) is 17.6 Å². The molecule has 1 saturated heterocycles. The van der Waals surface area contributed by atoms with Gasteiger partial charge in [-0.3, -0.25) is 9.69 Å². The Morgan fingerprint density at radius 2 is 2.04 bits per heavy atom. The van der Waals surface area contributed by atoms with Crippen molar-refractivity contribution >= 4 is 17.2 Å². The SMILES string of the molecule is Cc1nc(CN2CCC(C(=O)NCc3ccc(F)cc3C(F)(F)F)CC2)cs1. The molecule has 0 bridgehead atoms. The molecule has 0 spiro atoms. The molecule has 0 atom stereocenters. The number of likely N-dealkylation sites (tertiary alicyclic amines) is 1. The molecule has 0 unspecified atom stereocenters. The number of nitrogens with one attached hydrogen (secondary N) is 1. The van der Waals surface area contributed by atoms with Crippen molar-refractivity contribution in [3.8, 4) is 0 Å². The van der Waals surface area contributed by atoms with Crippen molar-refractivity contribution in [1.29, 1.82) is 0 Å². The molecule has 1 aromatic carbocycles. The standard InChI is InChI=1S/C19H21F4N3OS/c1-12-25-16(11-28-12)10-26-6-4-13(5-7-26)18(27)24-9-14-2-3-15(20)8-17(14)19(21,22)23/h2-3,8,11,13H,4-7,9-10H2,1H3,(H,24,27). The van der Waals surface area contributed by atoms with E-state index < -0.39 is 17.6 Å². The summed E-state index contributed by atoms with van der Waals surface area (Å²) in [4.78, 5) is 19.0. The molecule has 4 nitrogen and oxygen atoms in total. The van der Waals surface area contributed by atoms with Crippen LogP contribution in [0.1, 0.15) is 34.7 Å². The van der Waals surface area contributed by atoms with Gasteiger partial charge in [0.15, 0.2) is 0 Å². The van der Waals surface area contributed by atoms with Gasteiger partial charge in [-0.25, -0.2) is 9.37 Å². The summed E-state index contributed by atoms with van der Waals surface area (Å²) in [7, 11) is 0. The van der Waals surface area contributed by atoms with Crippen LogP contribution in [-0.4, -0.2) is 28.9 Å². The van der Waals surface area contributed by atoms with Crippen LogP contribution < -0.4 is 5.32 Å². The number of aryl methyl sites for hydroxylation is 1. The second kappa shape index (κ2) is 8.57. The first-order valence-corrected chi connectivity index (χ1v) is 9.87. The topological polar surface area (TPSA) is 45.2 Å². The van der Waals surface area contributed by atoms with Gasteiger partial charge in [-0.05, 0) is 50.6 Å². The van der Waals surface area contributed by atoms with Crippen LogP contribution in [0.25, 0.3) is 0 Å². The molecule has 1 amide bonds. The summed E-state index contributed by atoms with van der Waals surface area (Å²) in [5.41, 5.74) is -0.179. The van der Waals surface area contributed by atoms with Crippen LogP contribution in [0, 0.1) is 18.7 Å². The number of halogens is 4. The number of aromatic nitrogens is 1. The first-order chi connectivity index (χ1) is 13.2. The zero-order valence-corrected chi connectivity index (χ0v) is 16.2. The van der Waals surface area contributed by atoms with E-state index in [4.69, 9.17) is 0 Å². The van der Waals surface area contributed by atoms with Gasteiger partial charge in [-0.15, -0.1) is 11.3 Å². The number of hydrogen-bond donors (Lipinski definition) is 1. The van der Waals surface area contributed by atoms with Gasteiger partial charge >= 0.3 is 6.18 Å². The van der Waals surface area contributed by atoms with Crippen molar-refractivity contribution < 1.29 is 22.4 Å². The highest BCUT2D eigenvalue weighted by Gasteiger charge is 2.34. The van der Waals surface area contributed by atoms with E-state index in [0.717, 1.165) is 42.5 Å². The Hall–Kier alpha value is -2.00. The van der Waals surface area contributed by atoms with E-state index in [-0.39, 0.29) is 23.9 Å². The molecular weight excluding hydrogens is 394 g/mol. The highest BCUT2D eigenvalue weighted by atomic mass is 32.1. The molecule has 2 aromatic rings. The van der Waals surface area contributed by atoms with Crippen molar-refractivity contribution in [2.24, 2.45) is 5.92 Å². The molecular formula is C19H21F4N3OS. The van der Waals surface area contributed by atoms with Crippen molar-refractivity contribution in [3.63, 3.8) is 0 Å². The summed E-state index contributed by atoms with van der Waals surface area (Å²) in [6.07, 6.45) is -3.38. The molecule has 3 rings (SSSR count). The number of benzene rings is 1. The Bertz CT molecular complexity index is 829. The molecule has 0 radical (unpaired) electrons. The minimum Gasteiger partial charge on any atom is -0.352 e. The Morgan fingerprint density at radius 1 is 1.32 bits per heavy atom. The Morgan fingerprint density at radius 3 is 2.64 bits per heavy atom. The Labute approximate surface area is 164 Å². The lowest BCUT2D eigenvalue weighted by atomic mass is 9.95. The third-order valence-corrected chi connectivity index (χ3v) is 5.66. The molecule has 28 heavy (non-hydrogen) atoms. The van der Waals surface area contributed by atoms with E-state index in [1.165, 1.54) is 0 Å². The highest BCUT2D eigenvalue weighted by molar-refractivity contribution is 7.09. The van der Waals surface area contributed by atoms with Gasteiger partial charge in [0.05, 0.1) is 16.3 Å². The zero-order valence-electron chi connectivity index (χ0n) is 15.4. The summed E-state index contributed by atoms with van der Waals surface area (Å²) in [6.45, 7) is 3.89. The number of hydrogen-bond acceptors (Lipinski definition) is 4. The van der Waals surface area contributed by atoms with Gasteiger partial charge in [0.1, 0.15) is 5.82 Å². The smallest absolute Gasteiger partial charge is 0.352 e. The minimum absolute atomic E-state index is 0.140. The normalized spacial score (nSPS) is 16.3. The maximum atomic E-state index is 13.2. The summed E-state index contributed by atoms with van der Waals surface area (Å²) in [5.74, 6) is -1.45. The van der Waals surface area contributed by atoms with E-state index in [0.29, 0.717) is 18.9 Å². The summed E-state index contributed by atoms with van der Waals surface area (Å²) in [5, 5.41) is 5.62. The summed E-state index contributed by atoms with van der Waals surface area (Å²) in [6, 6.07) is 2.49. The fourth-order valence-corrected chi connectivity index (χ4v) is 3.96. The number of nitrogens with zero attached hydrogens (tertiary/aromatic N) is 2. The Kier molecular flexibility index (Phi) is 6.34. The molecule has 1 aromatic heterocycles. The minimum atomic E-state index is -4.67. The van der Waals surface area contributed by atoms with Gasteiger partial charge in [-0.1, -0.05) is 6.07 Å². The van der Waals surface area contributed by atoms with Crippen LogP contribution in [0.15, 0.2) is 23.6 Å². The van der Waals surface area contributed by atoms with Crippen LogP contribution in [0.3, 0.4) is 0 Å². The molecule has 2 heterocycles. The molecule has 0 aliphatic carbocycles. The van der Waals surface area contributed by atoms with E-state index in [1.54, 1.807) is 11.3 Å². The number of thiazole rings is 1. The fraction of sp³-hybridized carbons (Fsp3) is 0.474. The predicted molar refractivity (Wildman–Crippen MR) is 98.1 cm³/mol. The average Bonchev–Trinajstić information content (AvgIpc) is 3.05. The highest BCUT2D eigenvalue weighted by Crippen LogP contribution is 2.32. The predicted octanol–water partition coefficient (Wildman–Crippen LogP) is 4.14. The maximum Gasteiger partial charge on any atom is 0.416 e. The lowest BCUT2D eigenvalue weighted by molar-refractivity contribution is -0.138. The first-order valence-electron chi connectivity index (χ1n) is 8.99. The average molecular weight is 415 g/mol. The third kappa shape index (κ3) is 5.29. The van der Waals surface area contributed by atoms with Crippen molar-refractivity contribution in [3.05, 3.63) is 51.2 Å². The lowest BCUT2D eigenvalue weighted by Crippen LogP contribution is -2.40. The van der Waals surface area contributed by atoms with E-state index in [1.807, 2.05) is 12.3 Å². The molecule has 0 saturated carbocycles. The van der Waals surface area contributed by atoms with E-state index in [2.05, 4.69) is 15.2 Å². The second-order valence-corrected chi connectivity index (χ2v) is 7.99. The molecule has 1 N–H and O–H groups in total. The lowest BCUT2D eigenvalue weighted by Gasteiger charge is -2.30. The van der Waals surface area contributed by atoms with Crippen LogP contribution in [-0.2, 0) is 24.1 Å². The third-order valence-electron chi connectivity index (χ3n) is 4.84. The zero-order chi connectivity index (χ0) is 20.3. The summed E-state index contributed by atoms with van der Waals surface area (Å²) >= 11 is 1.60. The van der Waals surface area contributed by atoms with Crippen molar-refractivity contribution in [1.82, 2.24) is 15.2 Å². The monoisotopic (exact) mass is 415 g/mol. The molecule has 1 aliphatic rings. The van der Waals surface area contributed by atoms with Gasteiger partial charge in [0.25, 0.3) is 0 Å². The van der Waals surface area contributed by atoms with Crippen molar-refractivity contribution in [2.75, 3.05) is 13.1 Å². The number of rotatable bonds is 5. The van der Waals surface area contributed by atoms with Crippen molar-refractivity contribution in [2.45, 2.75) is 39.0 Å². The number of amides is 1.